The second-order valence-electron chi connectivity index (χ2n) is 4.49. The van der Waals surface area contributed by atoms with Gasteiger partial charge in [0, 0.05) is 24.5 Å². The van der Waals surface area contributed by atoms with Gasteiger partial charge in [-0.05, 0) is 24.8 Å². The predicted molar refractivity (Wildman–Crippen MR) is 109 cm³/mol. The van der Waals surface area contributed by atoms with Gasteiger partial charge in [-0.25, -0.2) is 18.1 Å². The molecule has 1 rings (SSSR count). The first-order valence-corrected chi connectivity index (χ1v) is 9.73. The molecule has 132 valence electrons. The Labute approximate surface area is 159 Å². The Morgan fingerprint density at radius 2 is 2.17 bits per heavy atom. The maximum Gasteiger partial charge on any atom is 0.211 e. The summed E-state index contributed by atoms with van der Waals surface area (Å²) in [5.74, 6) is 0.807. The molecule has 9 heteroatoms. The van der Waals surface area contributed by atoms with Crippen LogP contribution in [0.3, 0.4) is 0 Å². The molecule has 1 aromatic rings. The molecule has 0 fully saturated rings. The zero-order valence-electron chi connectivity index (χ0n) is 13.2. The predicted octanol–water partition coefficient (Wildman–Crippen LogP) is 1.92. The molecular weight excluding hydrogens is 447 g/mol. The molecule has 0 amide bonds. The monoisotopic (exact) mass is 472 g/mol. The molecule has 0 saturated heterocycles. The topological polar surface area (TPSA) is 82.6 Å². The summed E-state index contributed by atoms with van der Waals surface area (Å²) >= 11 is 1.67. The van der Waals surface area contributed by atoms with Gasteiger partial charge in [-0.3, -0.25) is 0 Å². The minimum Gasteiger partial charge on any atom is -0.356 e. The minimum absolute atomic E-state index is 0. The Morgan fingerprint density at radius 3 is 2.78 bits per heavy atom. The van der Waals surface area contributed by atoms with Crippen molar-refractivity contribution in [3.05, 3.63) is 35.0 Å². The summed E-state index contributed by atoms with van der Waals surface area (Å²) in [5.41, 5.74) is 0. The molecule has 0 spiro atoms. The normalized spacial score (nSPS) is 11.6. The van der Waals surface area contributed by atoms with Crippen LogP contribution in [0.5, 0.6) is 0 Å². The summed E-state index contributed by atoms with van der Waals surface area (Å²) in [6.45, 7) is 7.59. The van der Waals surface area contributed by atoms with Crippen molar-refractivity contribution in [3.63, 3.8) is 0 Å². The largest absolute Gasteiger partial charge is 0.356 e. The van der Waals surface area contributed by atoms with Crippen molar-refractivity contribution in [1.82, 2.24) is 15.4 Å². The van der Waals surface area contributed by atoms with Gasteiger partial charge in [-0.15, -0.1) is 41.9 Å². The van der Waals surface area contributed by atoms with Crippen molar-refractivity contribution in [2.75, 3.05) is 25.4 Å². The Balaban J connectivity index is 0.00000484. The van der Waals surface area contributed by atoms with Crippen LogP contribution in [0, 0.1) is 0 Å². The van der Waals surface area contributed by atoms with E-state index in [0.29, 0.717) is 38.6 Å². The first-order chi connectivity index (χ1) is 10.6. The van der Waals surface area contributed by atoms with Crippen molar-refractivity contribution in [1.29, 1.82) is 0 Å². The van der Waals surface area contributed by atoms with E-state index in [4.69, 9.17) is 0 Å². The fraction of sp³-hybridized carbons (Fsp3) is 0.500. The molecule has 0 saturated carbocycles. The van der Waals surface area contributed by atoms with Gasteiger partial charge in [0.1, 0.15) is 0 Å². The van der Waals surface area contributed by atoms with E-state index in [9.17, 15) is 8.42 Å². The van der Waals surface area contributed by atoms with Gasteiger partial charge in [0.05, 0.1) is 12.3 Å². The zero-order chi connectivity index (χ0) is 16.3. The lowest BCUT2D eigenvalue weighted by Gasteiger charge is -2.11. The lowest BCUT2D eigenvalue weighted by atomic mass is 10.4. The standard InChI is InChI=1S/C14H24N4O2S2.HI/c1-3-8-15-14(17-12-13-7-5-11-21-13)16-9-6-10-18-22(19,20)4-2;/h3,5,7,11,18H,1,4,6,8-10,12H2,2H3,(H2,15,16,17);1H. The Kier molecular flexibility index (Phi) is 12.4. The average molecular weight is 472 g/mol. The molecule has 6 nitrogen and oxygen atoms in total. The number of guanidine groups is 1. The summed E-state index contributed by atoms with van der Waals surface area (Å²) in [5, 5.41) is 8.34. The molecule has 1 aromatic heterocycles. The van der Waals surface area contributed by atoms with E-state index in [1.54, 1.807) is 24.3 Å². The molecule has 0 aliphatic rings. The lowest BCUT2D eigenvalue weighted by molar-refractivity contribution is 0.579. The highest BCUT2D eigenvalue weighted by Gasteiger charge is 2.04. The third-order valence-electron chi connectivity index (χ3n) is 2.73. The molecule has 0 atom stereocenters. The molecule has 0 radical (unpaired) electrons. The second kappa shape index (κ2) is 12.7. The summed E-state index contributed by atoms with van der Waals surface area (Å²) < 4.78 is 25.1. The van der Waals surface area contributed by atoms with Gasteiger partial charge >= 0.3 is 0 Å². The SMILES string of the molecule is C=CCNC(=NCc1cccs1)NCCCNS(=O)(=O)CC.I. The number of thiophene rings is 1. The van der Waals surface area contributed by atoms with Gasteiger partial charge in [0.15, 0.2) is 5.96 Å². The van der Waals surface area contributed by atoms with E-state index >= 15 is 0 Å². The number of hydrogen-bond donors (Lipinski definition) is 3. The second-order valence-corrected chi connectivity index (χ2v) is 7.62. The molecule has 0 bridgehead atoms. The molecule has 0 unspecified atom stereocenters. The first kappa shape index (κ1) is 22.4. The van der Waals surface area contributed by atoms with Crippen LogP contribution >= 0.6 is 35.3 Å². The van der Waals surface area contributed by atoms with Crippen molar-refractivity contribution in [3.8, 4) is 0 Å². The molecule has 0 aliphatic carbocycles. The van der Waals surface area contributed by atoms with Crippen molar-refractivity contribution in [2.24, 2.45) is 4.99 Å². The number of halogens is 1. The van der Waals surface area contributed by atoms with Gasteiger partial charge in [0.2, 0.25) is 10.0 Å². The number of hydrogen-bond acceptors (Lipinski definition) is 4. The molecular formula is C14H25IN4O2S2. The van der Waals surface area contributed by atoms with Gasteiger partial charge in [-0.1, -0.05) is 12.1 Å². The van der Waals surface area contributed by atoms with Crippen molar-refractivity contribution in [2.45, 2.75) is 19.9 Å². The van der Waals surface area contributed by atoms with Crippen LogP contribution in [0.4, 0.5) is 0 Å². The molecule has 3 N–H and O–H groups in total. The Bertz CT molecular complexity index is 559. The molecule has 0 aromatic carbocycles. The van der Waals surface area contributed by atoms with Crippen LogP contribution in [0.2, 0.25) is 0 Å². The molecule has 1 heterocycles. The number of sulfonamides is 1. The maximum absolute atomic E-state index is 11.3. The van der Waals surface area contributed by atoms with Crippen LogP contribution in [0.25, 0.3) is 0 Å². The van der Waals surface area contributed by atoms with Gasteiger partial charge in [0.25, 0.3) is 0 Å². The van der Waals surface area contributed by atoms with Gasteiger partial charge in [-0.2, -0.15) is 0 Å². The van der Waals surface area contributed by atoms with Crippen LogP contribution < -0.4 is 15.4 Å². The third kappa shape index (κ3) is 10.7. The highest BCUT2D eigenvalue weighted by Crippen LogP contribution is 2.09. The van der Waals surface area contributed by atoms with Crippen LogP contribution in [-0.4, -0.2) is 39.8 Å². The van der Waals surface area contributed by atoms with Crippen LogP contribution in [-0.2, 0) is 16.6 Å². The maximum atomic E-state index is 11.3. The summed E-state index contributed by atoms with van der Waals surface area (Å²) in [6.07, 6.45) is 2.45. The van der Waals surface area contributed by atoms with E-state index < -0.39 is 10.0 Å². The van der Waals surface area contributed by atoms with Crippen molar-refractivity contribution < 1.29 is 8.42 Å². The third-order valence-corrected chi connectivity index (χ3v) is 5.00. The van der Waals surface area contributed by atoms with Crippen LogP contribution in [0.1, 0.15) is 18.2 Å². The smallest absolute Gasteiger partial charge is 0.211 e. The lowest BCUT2D eigenvalue weighted by Crippen LogP contribution is -2.39. The van der Waals surface area contributed by atoms with E-state index in [1.165, 1.54) is 4.88 Å². The van der Waals surface area contributed by atoms with E-state index in [2.05, 4.69) is 26.9 Å². The van der Waals surface area contributed by atoms with Crippen molar-refractivity contribution >= 4 is 51.3 Å². The quantitative estimate of drug-likeness (QED) is 0.160. The Hall–Kier alpha value is -0.650. The first-order valence-electron chi connectivity index (χ1n) is 7.20. The summed E-state index contributed by atoms with van der Waals surface area (Å²) in [6, 6.07) is 4.04. The van der Waals surface area contributed by atoms with E-state index in [-0.39, 0.29) is 29.7 Å². The fourth-order valence-corrected chi connectivity index (χ4v) is 2.82. The highest BCUT2D eigenvalue weighted by molar-refractivity contribution is 14.0. The highest BCUT2D eigenvalue weighted by atomic mass is 127. The van der Waals surface area contributed by atoms with Gasteiger partial charge < -0.3 is 10.6 Å². The molecule has 0 aliphatic heterocycles. The fourth-order valence-electron chi connectivity index (χ4n) is 1.53. The minimum atomic E-state index is -3.11. The zero-order valence-corrected chi connectivity index (χ0v) is 17.2. The number of rotatable bonds is 10. The van der Waals surface area contributed by atoms with Crippen LogP contribution in [0.15, 0.2) is 35.2 Å². The number of nitrogens with zero attached hydrogens (tertiary/aromatic N) is 1. The number of aliphatic imine (C=N–C) groups is 1. The Morgan fingerprint density at radius 1 is 1.39 bits per heavy atom. The number of nitrogens with one attached hydrogen (secondary N) is 3. The summed E-state index contributed by atoms with van der Waals surface area (Å²) in [4.78, 5) is 5.67. The van der Waals surface area contributed by atoms with E-state index in [0.717, 1.165) is 0 Å². The average Bonchev–Trinajstić information content (AvgIpc) is 3.02. The van der Waals surface area contributed by atoms with E-state index in [1.807, 2.05) is 17.5 Å². The molecule has 23 heavy (non-hydrogen) atoms. The summed E-state index contributed by atoms with van der Waals surface area (Å²) in [7, 11) is -3.11.